The topological polar surface area (TPSA) is 146 Å². The number of rotatable bonds is 13. The maximum atomic E-state index is 13.7. The molecule has 4 N–H and O–H groups in total. The quantitative estimate of drug-likeness (QED) is 0.271. The molecule has 2 saturated carbocycles. The van der Waals surface area contributed by atoms with Crippen LogP contribution in [0.15, 0.2) is 24.3 Å². The molecular weight excluding hydrogens is 514 g/mol. The summed E-state index contributed by atoms with van der Waals surface area (Å²) in [4.78, 5) is 52.8. The van der Waals surface area contributed by atoms with Crippen molar-refractivity contribution in [2.45, 2.75) is 101 Å². The molecule has 1 aromatic rings. The smallest absolute Gasteiger partial charge is 0.243 e. The molecule has 1 aliphatic heterocycles. The number of hydrogen-bond acceptors (Lipinski definition) is 7. The van der Waals surface area contributed by atoms with Gasteiger partial charge in [0.2, 0.25) is 17.7 Å². The molecule has 10 heteroatoms. The first kappa shape index (κ1) is 30.0. The lowest BCUT2D eigenvalue weighted by molar-refractivity contribution is -0.134. The minimum absolute atomic E-state index is 0.137. The first-order valence-corrected chi connectivity index (χ1v) is 14.5. The lowest BCUT2D eigenvalue weighted by atomic mass is 9.90. The minimum atomic E-state index is -0.972. The summed E-state index contributed by atoms with van der Waals surface area (Å²) in [5, 5.41) is 18.2. The summed E-state index contributed by atoms with van der Waals surface area (Å²) in [5.74, 6) is -0.689. The number of Topliss-reactive ketones (excluding diaryl/α,β-unsaturated/α-hetero) is 1. The molecule has 0 unspecified atom stereocenters. The Labute approximate surface area is 235 Å². The van der Waals surface area contributed by atoms with Gasteiger partial charge in [-0.25, -0.2) is 0 Å². The van der Waals surface area contributed by atoms with Gasteiger partial charge >= 0.3 is 0 Å². The monoisotopic (exact) mass is 557 g/mol. The van der Waals surface area contributed by atoms with E-state index >= 15 is 0 Å². The van der Waals surface area contributed by atoms with Crippen LogP contribution in [0, 0.1) is 11.8 Å². The fourth-order valence-corrected chi connectivity index (χ4v) is 5.80. The molecule has 1 saturated heterocycles. The van der Waals surface area contributed by atoms with E-state index in [1.165, 1.54) is 0 Å². The minimum Gasteiger partial charge on any atom is -0.497 e. The van der Waals surface area contributed by atoms with Gasteiger partial charge in [0.1, 0.15) is 23.4 Å². The highest BCUT2D eigenvalue weighted by atomic mass is 16.6. The fourth-order valence-electron chi connectivity index (χ4n) is 5.80. The van der Waals surface area contributed by atoms with E-state index in [4.69, 9.17) is 9.47 Å². The van der Waals surface area contributed by atoms with Crippen molar-refractivity contribution in [2.75, 3.05) is 13.7 Å². The van der Waals surface area contributed by atoms with Gasteiger partial charge < -0.3 is 30.5 Å². The number of aliphatic hydroxyl groups is 1. The number of nitrogens with one attached hydrogen (secondary N) is 3. The third-order valence-corrected chi connectivity index (χ3v) is 8.53. The Bertz CT molecular complexity index is 1070. The van der Waals surface area contributed by atoms with Crippen molar-refractivity contribution in [1.82, 2.24) is 16.0 Å². The SMILES string of the molecule is COc1ccc(C[C@H](NC(=O)[C@@H](C)NC(=O)[C@@H]2CC[C@H](O)C2)C(=O)N[C@@H](CC2CCCC2)C(=O)[C@@]2(C)CO2)cc1. The van der Waals surface area contributed by atoms with Crippen LogP contribution in [-0.4, -0.2) is 72.2 Å². The van der Waals surface area contributed by atoms with Gasteiger partial charge in [0, 0.05) is 12.3 Å². The number of amides is 3. The normalized spacial score (nSPS) is 26.4. The molecule has 3 fully saturated rings. The first-order valence-electron chi connectivity index (χ1n) is 14.5. The van der Waals surface area contributed by atoms with Gasteiger partial charge in [-0.15, -0.1) is 0 Å². The van der Waals surface area contributed by atoms with Crippen molar-refractivity contribution in [1.29, 1.82) is 0 Å². The first-order chi connectivity index (χ1) is 19.1. The van der Waals surface area contributed by atoms with E-state index in [0.717, 1.165) is 31.2 Å². The van der Waals surface area contributed by atoms with Crippen LogP contribution in [0.3, 0.4) is 0 Å². The molecule has 4 rings (SSSR count). The lowest BCUT2D eigenvalue weighted by Gasteiger charge is -2.27. The van der Waals surface area contributed by atoms with Crippen molar-refractivity contribution >= 4 is 23.5 Å². The predicted molar refractivity (Wildman–Crippen MR) is 147 cm³/mol. The average Bonchev–Trinajstić information content (AvgIpc) is 3.28. The molecule has 40 heavy (non-hydrogen) atoms. The Hall–Kier alpha value is -2.98. The number of carbonyl (C=O) groups excluding carboxylic acids is 4. The predicted octanol–water partition coefficient (Wildman–Crippen LogP) is 1.81. The van der Waals surface area contributed by atoms with Crippen molar-refractivity contribution < 1.29 is 33.8 Å². The Morgan fingerprint density at radius 1 is 1.00 bits per heavy atom. The van der Waals surface area contributed by atoms with E-state index < -0.39 is 41.6 Å². The lowest BCUT2D eigenvalue weighted by Crippen LogP contribution is -2.57. The Morgan fingerprint density at radius 3 is 2.23 bits per heavy atom. The van der Waals surface area contributed by atoms with Crippen LogP contribution in [0.25, 0.3) is 0 Å². The van der Waals surface area contributed by atoms with Gasteiger partial charge in [-0.05, 0) is 63.1 Å². The number of epoxide rings is 1. The van der Waals surface area contributed by atoms with Crippen LogP contribution < -0.4 is 20.7 Å². The van der Waals surface area contributed by atoms with Crippen LogP contribution >= 0.6 is 0 Å². The van der Waals surface area contributed by atoms with E-state index in [1.54, 1.807) is 33.1 Å². The van der Waals surface area contributed by atoms with E-state index in [9.17, 15) is 24.3 Å². The van der Waals surface area contributed by atoms with Crippen molar-refractivity contribution in [3.8, 4) is 5.75 Å². The summed E-state index contributed by atoms with van der Waals surface area (Å²) >= 11 is 0. The molecule has 1 aromatic carbocycles. The molecule has 0 aromatic heterocycles. The summed E-state index contributed by atoms with van der Waals surface area (Å²) < 4.78 is 10.6. The van der Waals surface area contributed by atoms with Crippen LogP contribution in [0.2, 0.25) is 0 Å². The van der Waals surface area contributed by atoms with Gasteiger partial charge in [0.15, 0.2) is 5.78 Å². The zero-order chi connectivity index (χ0) is 28.9. The molecule has 3 amide bonds. The Kier molecular flexibility index (Phi) is 9.84. The van der Waals surface area contributed by atoms with Crippen LogP contribution in [0.4, 0.5) is 0 Å². The average molecular weight is 558 g/mol. The molecule has 220 valence electrons. The van der Waals surface area contributed by atoms with Crippen molar-refractivity contribution in [2.24, 2.45) is 11.8 Å². The summed E-state index contributed by atoms with van der Waals surface area (Å²) in [6.45, 7) is 3.65. The molecule has 0 radical (unpaired) electrons. The molecule has 2 aliphatic carbocycles. The van der Waals surface area contributed by atoms with Crippen LogP contribution in [0.5, 0.6) is 5.75 Å². The number of hydrogen-bond donors (Lipinski definition) is 4. The number of aliphatic hydroxyl groups excluding tert-OH is 1. The summed E-state index contributed by atoms with van der Waals surface area (Å²) in [6.07, 6.45) is 6.04. The standard InChI is InChI=1S/C30H43N3O7/c1-18(31-28(37)21-10-11-22(34)16-21)27(36)33-25(15-20-8-12-23(39-3)13-9-20)29(38)32-24(14-19-6-4-5-7-19)26(35)30(2)17-40-30/h8-9,12-13,18-19,21-22,24-25,34H,4-7,10-11,14-17H2,1-3H3,(H,31,37)(H,32,38)(H,33,36)/t18-,21-,22+,24+,25+,30-/m1/s1. The fraction of sp³-hybridized carbons (Fsp3) is 0.667. The maximum Gasteiger partial charge on any atom is 0.243 e. The van der Waals surface area contributed by atoms with Gasteiger partial charge in [-0.2, -0.15) is 0 Å². The van der Waals surface area contributed by atoms with Gasteiger partial charge in [0.05, 0.1) is 25.9 Å². The molecule has 0 bridgehead atoms. The van der Waals surface area contributed by atoms with Crippen LogP contribution in [-0.2, 0) is 30.3 Å². The highest BCUT2D eigenvalue weighted by Gasteiger charge is 2.50. The van der Waals surface area contributed by atoms with Crippen LogP contribution in [0.1, 0.15) is 70.8 Å². The second-order valence-corrected chi connectivity index (χ2v) is 11.8. The zero-order valence-electron chi connectivity index (χ0n) is 23.7. The number of carbonyl (C=O) groups is 4. The molecule has 6 atom stereocenters. The Balaban J connectivity index is 1.46. The summed E-state index contributed by atoms with van der Waals surface area (Å²) in [5.41, 5.74) is -0.0771. The molecule has 1 heterocycles. The number of ketones is 1. The Morgan fingerprint density at radius 2 is 1.65 bits per heavy atom. The molecule has 3 aliphatic rings. The maximum absolute atomic E-state index is 13.7. The second-order valence-electron chi connectivity index (χ2n) is 11.8. The summed E-state index contributed by atoms with van der Waals surface area (Å²) in [7, 11) is 1.57. The van der Waals surface area contributed by atoms with Gasteiger partial charge in [-0.3, -0.25) is 19.2 Å². The third-order valence-electron chi connectivity index (χ3n) is 8.53. The van der Waals surface area contributed by atoms with E-state index in [2.05, 4.69) is 16.0 Å². The number of benzene rings is 1. The van der Waals surface area contributed by atoms with Gasteiger partial charge in [-0.1, -0.05) is 37.8 Å². The molecular formula is C30H43N3O7. The van der Waals surface area contributed by atoms with Crippen molar-refractivity contribution in [3.63, 3.8) is 0 Å². The molecule has 0 spiro atoms. The van der Waals surface area contributed by atoms with E-state index in [0.29, 0.717) is 44.0 Å². The van der Waals surface area contributed by atoms with E-state index in [-0.39, 0.29) is 24.0 Å². The third kappa shape index (κ3) is 7.81. The number of ether oxygens (including phenoxy) is 2. The molecule has 10 nitrogen and oxygen atoms in total. The van der Waals surface area contributed by atoms with E-state index in [1.807, 2.05) is 12.1 Å². The number of methoxy groups -OCH3 is 1. The second kappa shape index (κ2) is 13.1. The highest BCUT2D eigenvalue weighted by Crippen LogP contribution is 2.33. The van der Waals surface area contributed by atoms with Gasteiger partial charge in [0.25, 0.3) is 0 Å². The zero-order valence-corrected chi connectivity index (χ0v) is 23.7. The summed E-state index contributed by atoms with van der Waals surface area (Å²) in [6, 6.07) is 4.64. The van der Waals surface area contributed by atoms with Crippen molar-refractivity contribution in [3.05, 3.63) is 29.8 Å². The highest BCUT2D eigenvalue weighted by molar-refractivity contribution is 5.98. The largest absolute Gasteiger partial charge is 0.497 e.